The zero-order chi connectivity index (χ0) is 14.8. The Morgan fingerprint density at radius 3 is 2.37 bits per heavy atom. The second-order valence-electron chi connectivity index (χ2n) is 4.25. The number of sulfone groups is 1. The summed E-state index contributed by atoms with van der Waals surface area (Å²) in [6.45, 7) is 7.89. The molecule has 0 aliphatic carbocycles. The molecule has 0 saturated carbocycles. The van der Waals surface area contributed by atoms with E-state index >= 15 is 0 Å². The summed E-state index contributed by atoms with van der Waals surface area (Å²) in [5.74, 6) is 0. The largest absolute Gasteiger partial charge is 0.383 e. The maximum Gasteiger partial charge on any atom is 0.239 e. The van der Waals surface area contributed by atoms with Crippen molar-refractivity contribution in [1.29, 1.82) is 0 Å². The minimum atomic E-state index is -3.58. The first-order valence-electron chi connectivity index (χ1n) is 5.43. The van der Waals surface area contributed by atoms with Gasteiger partial charge >= 0.3 is 0 Å². The van der Waals surface area contributed by atoms with Crippen molar-refractivity contribution in [3.05, 3.63) is 36.4 Å². The first kappa shape index (κ1) is 17.2. The average Bonchev–Trinajstić information content (AvgIpc) is 2.26. The summed E-state index contributed by atoms with van der Waals surface area (Å²) in [6, 6.07) is 6.87. The van der Waals surface area contributed by atoms with Gasteiger partial charge in [-0.1, -0.05) is 18.7 Å². The van der Waals surface area contributed by atoms with E-state index in [0.29, 0.717) is 5.70 Å². The lowest BCUT2D eigenvalue weighted by Gasteiger charge is -2.16. The summed E-state index contributed by atoms with van der Waals surface area (Å²) < 4.78 is 23.2. The first-order valence-corrected chi connectivity index (χ1v) is 9.29. The Kier molecular flexibility index (Phi) is 5.69. The molecule has 0 spiro atoms. The number of benzene rings is 1. The van der Waals surface area contributed by atoms with Crippen molar-refractivity contribution >= 4 is 63.3 Å². The van der Waals surface area contributed by atoms with Gasteiger partial charge < -0.3 is 5.32 Å². The topological polar surface area (TPSA) is 46.2 Å². The van der Waals surface area contributed by atoms with Gasteiger partial charge in [-0.15, -0.1) is 0 Å². The highest BCUT2D eigenvalue weighted by atomic mass is 80.0. The van der Waals surface area contributed by atoms with E-state index in [1.54, 1.807) is 18.2 Å². The minimum Gasteiger partial charge on any atom is -0.383 e. The van der Waals surface area contributed by atoms with Gasteiger partial charge in [0.15, 0.2) is 0 Å². The predicted octanol–water partition coefficient (Wildman–Crippen LogP) is 4.23. The van der Waals surface area contributed by atoms with Crippen molar-refractivity contribution in [1.82, 2.24) is 5.32 Å². The SMILES string of the molecule is C=C(NC(C)C)c1cccc(S(=O)(=O)C(Br)(Br)Br)c1. The fourth-order valence-corrected chi connectivity index (χ4v) is 3.91. The van der Waals surface area contributed by atoms with E-state index in [2.05, 4.69) is 59.7 Å². The Bertz CT molecular complexity index is 577. The van der Waals surface area contributed by atoms with Gasteiger partial charge in [0.05, 0.1) is 4.90 Å². The highest BCUT2D eigenvalue weighted by Crippen LogP contribution is 2.43. The number of hydrogen-bond donors (Lipinski definition) is 1. The number of alkyl halides is 3. The molecule has 0 heterocycles. The van der Waals surface area contributed by atoms with Crippen LogP contribution in [-0.4, -0.2) is 15.9 Å². The maximum atomic E-state index is 12.3. The van der Waals surface area contributed by atoms with Crippen LogP contribution in [0.5, 0.6) is 0 Å². The lowest BCUT2D eigenvalue weighted by Crippen LogP contribution is -2.21. The fraction of sp³-hybridized carbons (Fsp3) is 0.333. The lowest BCUT2D eigenvalue weighted by molar-refractivity contribution is 0.599. The molecule has 0 aliphatic rings. The van der Waals surface area contributed by atoms with Crippen molar-refractivity contribution in [3.8, 4) is 0 Å². The van der Waals surface area contributed by atoms with E-state index in [4.69, 9.17) is 0 Å². The molecule has 1 aromatic carbocycles. The molecule has 106 valence electrons. The molecule has 0 radical (unpaired) electrons. The smallest absolute Gasteiger partial charge is 0.239 e. The van der Waals surface area contributed by atoms with Gasteiger partial charge in [-0.3, -0.25) is 0 Å². The summed E-state index contributed by atoms with van der Waals surface area (Å²) >= 11 is 9.14. The summed E-state index contributed by atoms with van der Waals surface area (Å²) in [5.41, 5.74) is 1.43. The molecule has 0 saturated heterocycles. The molecule has 0 atom stereocenters. The summed E-state index contributed by atoms with van der Waals surface area (Å²) in [7, 11) is -3.58. The summed E-state index contributed by atoms with van der Waals surface area (Å²) in [4.78, 5) is 0.197. The number of rotatable bonds is 4. The maximum absolute atomic E-state index is 12.3. The van der Waals surface area contributed by atoms with E-state index in [-0.39, 0.29) is 10.9 Å². The molecule has 0 bridgehead atoms. The Balaban J connectivity index is 3.19. The van der Waals surface area contributed by atoms with Crippen LogP contribution >= 0.6 is 47.8 Å². The predicted molar refractivity (Wildman–Crippen MR) is 90.4 cm³/mol. The van der Waals surface area contributed by atoms with Crippen molar-refractivity contribution < 1.29 is 8.42 Å². The van der Waals surface area contributed by atoms with Gasteiger partial charge in [0, 0.05) is 11.7 Å². The molecule has 3 nitrogen and oxygen atoms in total. The molecule has 1 rings (SSSR count). The third-order valence-electron chi connectivity index (χ3n) is 2.26. The quantitative estimate of drug-likeness (QED) is 0.663. The number of nitrogens with one attached hydrogen (secondary N) is 1. The van der Waals surface area contributed by atoms with Crippen LogP contribution in [0, 0.1) is 0 Å². The standard InChI is InChI=1S/C12H14Br3NO2S/c1-8(2)16-9(3)10-5-4-6-11(7-10)19(17,18)12(13,14)15/h4-8,16H,3H2,1-2H3. The zero-order valence-electron chi connectivity index (χ0n) is 10.5. The van der Waals surface area contributed by atoms with E-state index in [0.717, 1.165) is 5.56 Å². The third-order valence-corrected chi connectivity index (χ3v) is 7.58. The van der Waals surface area contributed by atoms with Gasteiger partial charge in [0.1, 0.15) is 0 Å². The van der Waals surface area contributed by atoms with Crippen LogP contribution in [0.4, 0.5) is 0 Å². The molecule has 7 heteroatoms. The molecule has 1 aromatic rings. The molecule has 19 heavy (non-hydrogen) atoms. The van der Waals surface area contributed by atoms with Crippen LogP contribution in [-0.2, 0) is 9.84 Å². The van der Waals surface area contributed by atoms with Gasteiger partial charge in [-0.25, -0.2) is 8.42 Å². The second-order valence-corrected chi connectivity index (χ2v) is 14.7. The minimum absolute atomic E-state index is 0.197. The van der Waals surface area contributed by atoms with Crippen LogP contribution in [0.3, 0.4) is 0 Å². The molecule has 0 fully saturated rings. The van der Waals surface area contributed by atoms with E-state index in [9.17, 15) is 8.42 Å². The van der Waals surface area contributed by atoms with Crippen LogP contribution < -0.4 is 5.32 Å². The van der Waals surface area contributed by atoms with Crippen molar-refractivity contribution in [2.45, 2.75) is 26.3 Å². The zero-order valence-corrected chi connectivity index (χ0v) is 16.0. The van der Waals surface area contributed by atoms with Gasteiger partial charge in [0.2, 0.25) is 11.3 Å². The molecule has 0 unspecified atom stereocenters. The van der Waals surface area contributed by atoms with E-state index in [1.165, 1.54) is 0 Å². The lowest BCUT2D eigenvalue weighted by atomic mass is 10.1. The van der Waals surface area contributed by atoms with Gasteiger partial charge in [-0.05, 0) is 79.3 Å². The van der Waals surface area contributed by atoms with Crippen LogP contribution in [0.1, 0.15) is 19.4 Å². The third kappa shape index (κ3) is 4.31. The summed E-state index contributed by atoms with van der Waals surface area (Å²) in [6.07, 6.45) is 0. The van der Waals surface area contributed by atoms with Crippen molar-refractivity contribution in [2.24, 2.45) is 0 Å². The van der Waals surface area contributed by atoms with Gasteiger partial charge in [-0.2, -0.15) is 0 Å². The number of halogens is 3. The van der Waals surface area contributed by atoms with Gasteiger partial charge in [0.25, 0.3) is 0 Å². The average molecular weight is 476 g/mol. The van der Waals surface area contributed by atoms with Crippen LogP contribution in [0.2, 0.25) is 0 Å². The van der Waals surface area contributed by atoms with Crippen LogP contribution in [0.25, 0.3) is 5.70 Å². The normalized spacial score (nSPS) is 12.5. The Hall–Kier alpha value is 0.150. The Morgan fingerprint density at radius 2 is 1.89 bits per heavy atom. The highest BCUT2D eigenvalue weighted by Gasteiger charge is 2.37. The Labute approximate surface area is 139 Å². The molecular formula is C12H14Br3NO2S. The second kappa shape index (κ2) is 6.28. The van der Waals surface area contributed by atoms with Crippen LogP contribution in [0.15, 0.2) is 35.7 Å². The van der Waals surface area contributed by atoms with E-state index < -0.39 is 11.3 Å². The van der Waals surface area contributed by atoms with Crippen molar-refractivity contribution in [3.63, 3.8) is 0 Å². The Morgan fingerprint density at radius 1 is 1.32 bits per heavy atom. The molecule has 0 aliphatic heterocycles. The summed E-state index contributed by atoms with van der Waals surface area (Å²) in [5, 5.41) is 3.15. The molecule has 0 aromatic heterocycles. The first-order chi connectivity index (χ1) is 8.55. The van der Waals surface area contributed by atoms with Crippen molar-refractivity contribution in [2.75, 3.05) is 0 Å². The fourth-order valence-electron chi connectivity index (χ4n) is 1.42. The monoisotopic (exact) mass is 473 g/mol. The highest BCUT2D eigenvalue weighted by molar-refractivity contribution is 9.42. The number of hydrogen-bond acceptors (Lipinski definition) is 3. The molecule has 0 amide bonds. The van der Waals surface area contributed by atoms with E-state index in [1.807, 2.05) is 19.9 Å². The molecule has 1 N–H and O–H groups in total. The molecular weight excluding hydrogens is 462 g/mol.